The first-order valence-electron chi connectivity index (χ1n) is 7.45. The van der Waals surface area contributed by atoms with E-state index < -0.39 is 0 Å². The molecule has 23 heavy (non-hydrogen) atoms. The van der Waals surface area contributed by atoms with E-state index in [2.05, 4.69) is 48.3 Å². The Hall–Kier alpha value is -2.74. The van der Waals surface area contributed by atoms with Gasteiger partial charge in [0, 0.05) is 29.8 Å². The van der Waals surface area contributed by atoms with Crippen LogP contribution in [-0.2, 0) is 12.5 Å². The summed E-state index contributed by atoms with van der Waals surface area (Å²) in [5.41, 5.74) is 2.42. The topological polar surface area (TPSA) is 59.0 Å². The van der Waals surface area contributed by atoms with Crippen LogP contribution in [0.3, 0.4) is 0 Å². The van der Waals surface area contributed by atoms with Gasteiger partial charge in [0.1, 0.15) is 5.82 Å². The maximum Gasteiger partial charge on any atom is 0.324 e. The zero-order chi connectivity index (χ0) is 17.0. The van der Waals surface area contributed by atoms with Gasteiger partial charge in [0.2, 0.25) is 0 Å². The molecule has 1 aromatic carbocycles. The highest BCUT2D eigenvalue weighted by Gasteiger charge is 2.19. The number of amides is 2. The van der Waals surface area contributed by atoms with Crippen molar-refractivity contribution < 1.29 is 4.79 Å². The fourth-order valence-corrected chi connectivity index (χ4v) is 2.05. The van der Waals surface area contributed by atoms with E-state index in [-0.39, 0.29) is 11.4 Å². The average molecular weight is 310 g/mol. The third kappa shape index (κ3) is 4.36. The zero-order valence-electron chi connectivity index (χ0n) is 14.2. The molecule has 0 unspecified atom stereocenters. The van der Waals surface area contributed by atoms with Crippen molar-refractivity contribution in [1.82, 2.24) is 9.78 Å². The van der Waals surface area contributed by atoms with E-state index in [1.54, 1.807) is 11.6 Å². The third-order valence-corrected chi connectivity index (χ3v) is 3.28. The number of hydrogen-bond acceptors (Lipinski definition) is 2. The fraction of sp³-hybridized carbons (Fsp3) is 0.333. The quantitative estimate of drug-likeness (QED) is 0.830. The highest BCUT2D eigenvalue weighted by atomic mass is 16.2. The Morgan fingerprint density at radius 2 is 1.96 bits per heavy atom. The standard InChI is InChI=1S/C18H22N4O/c1-6-8-13-9-7-10-14(11-13)19-17(23)20-16-12-15(18(2,3)4)21-22(16)5/h7,9-12H,1-5H3,(H2,19,20,23). The number of benzene rings is 1. The van der Waals surface area contributed by atoms with Crippen molar-refractivity contribution in [1.29, 1.82) is 0 Å². The van der Waals surface area contributed by atoms with E-state index in [0.29, 0.717) is 11.5 Å². The Labute approximate surface area is 137 Å². The van der Waals surface area contributed by atoms with Crippen LogP contribution < -0.4 is 10.6 Å². The Morgan fingerprint density at radius 1 is 1.22 bits per heavy atom. The number of anilines is 2. The van der Waals surface area contributed by atoms with Crippen LogP contribution in [0.4, 0.5) is 16.3 Å². The van der Waals surface area contributed by atoms with Crippen molar-refractivity contribution >= 4 is 17.5 Å². The SMILES string of the molecule is CC#Cc1cccc(NC(=O)Nc2cc(C(C)(C)C)nn2C)c1. The molecule has 0 aliphatic heterocycles. The molecular formula is C18H22N4O. The summed E-state index contributed by atoms with van der Waals surface area (Å²) >= 11 is 0. The van der Waals surface area contributed by atoms with Crippen molar-refractivity contribution in [2.45, 2.75) is 33.1 Å². The van der Waals surface area contributed by atoms with Crippen LogP contribution in [0.1, 0.15) is 39.0 Å². The molecule has 0 bridgehead atoms. The molecule has 2 rings (SSSR count). The van der Waals surface area contributed by atoms with E-state index in [0.717, 1.165) is 11.3 Å². The molecule has 5 heteroatoms. The van der Waals surface area contributed by atoms with Crippen molar-refractivity contribution in [3.8, 4) is 11.8 Å². The Balaban J connectivity index is 2.09. The zero-order valence-corrected chi connectivity index (χ0v) is 14.2. The predicted molar refractivity (Wildman–Crippen MR) is 93.5 cm³/mol. The van der Waals surface area contributed by atoms with Gasteiger partial charge < -0.3 is 5.32 Å². The van der Waals surface area contributed by atoms with Crippen molar-refractivity contribution in [3.05, 3.63) is 41.6 Å². The van der Waals surface area contributed by atoms with E-state index in [1.165, 1.54) is 0 Å². The third-order valence-electron chi connectivity index (χ3n) is 3.28. The maximum absolute atomic E-state index is 12.2. The molecule has 1 heterocycles. The molecule has 0 spiro atoms. The highest BCUT2D eigenvalue weighted by molar-refractivity contribution is 5.99. The second-order valence-corrected chi connectivity index (χ2v) is 6.32. The smallest absolute Gasteiger partial charge is 0.308 e. The van der Waals surface area contributed by atoms with Gasteiger partial charge in [-0.3, -0.25) is 10.00 Å². The Kier molecular flexibility index (Phi) is 4.75. The Bertz CT molecular complexity index is 772. The molecule has 2 aromatic rings. The van der Waals surface area contributed by atoms with Crippen molar-refractivity contribution in [2.75, 3.05) is 10.6 Å². The predicted octanol–water partition coefficient (Wildman–Crippen LogP) is 3.73. The molecule has 0 atom stereocenters. The van der Waals surface area contributed by atoms with Gasteiger partial charge in [0.05, 0.1) is 5.69 Å². The Morgan fingerprint density at radius 3 is 2.57 bits per heavy atom. The van der Waals surface area contributed by atoms with E-state index >= 15 is 0 Å². The van der Waals surface area contributed by atoms with Crippen molar-refractivity contribution in [2.24, 2.45) is 7.05 Å². The van der Waals surface area contributed by atoms with Gasteiger partial charge in [0.15, 0.2) is 0 Å². The van der Waals surface area contributed by atoms with Crippen LogP contribution in [0, 0.1) is 11.8 Å². The number of nitrogens with one attached hydrogen (secondary N) is 2. The van der Waals surface area contributed by atoms with Gasteiger partial charge in [-0.05, 0) is 25.1 Å². The maximum atomic E-state index is 12.2. The van der Waals surface area contributed by atoms with E-state index in [1.807, 2.05) is 37.4 Å². The van der Waals surface area contributed by atoms with E-state index in [4.69, 9.17) is 0 Å². The molecule has 0 saturated carbocycles. The minimum atomic E-state index is -0.310. The molecule has 0 saturated heterocycles. The minimum absolute atomic E-state index is 0.0681. The van der Waals surface area contributed by atoms with Gasteiger partial charge in [-0.2, -0.15) is 5.10 Å². The van der Waals surface area contributed by atoms with Crippen molar-refractivity contribution in [3.63, 3.8) is 0 Å². The average Bonchev–Trinajstić information content (AvgIpc) is 2.81. The molecule has 0 aliphatic rings. The summed E-state index contributed by atoms with van der Waals surface area (Å²) in [4.78, 5) is 12.2. The summed E-state index contributed by atoms with van der Waals surface area (Å²) in [6.07, 6.45) is 0. The second kappa shape index (κ2) is 6.57. The largest absolute Gasteiger partial charge is 0.324 e. The first-order valence-corrected chi connectivity index (χ1v) is 7.45. The van der Waals surface area contributed by atoms with Gasteiger partial charge in [0.25, 0.3) is 0 Å². The van der Waals surface area contributed by atoms with Gasteiger partial charge in [-0.15, -0.1) is 5.92 Å². The number of aromatic nitrogens is 2. The summed E-state index contributed by atoms with van der Waals surface area (Å²) in [6.45, 7) is 8.03. The number of carbonyl (C=O) groups excluding carboxylic acids is 1. The van der Waals surface area contributed by atoms with Gasteiger partial charge in [-0.1, -0.05) is 32.8 Å². The normalized spacial score (nSPS) is 10.7. The molecule has 0 fully saturated rings. The lowest BCUT2D eigenvalue weighted by Gasteiger charge is -2.13. The second-order valence-electron chi connectivity index (χ2n) is 6.32. The molecular weight excluding hydrogens is 288 g/mol. The summed E-state index contributed by atoms with van der Waals surface area (Å²) in [5, 5.41) is 10.1. The van der Waals surface area contributed by atoms with Gasteiger partial charge in [-0.25, -0.2) is 4.79 Å². The lowest BCUT2D eigenvalue weighted by Crippen LogP contribution is -2.21. The lowest BCUT2D eigenvalue weighted by atomic mass is 9.92. The van der Waals surface area contributed by atoms with Crippen LogP contribution in [0.15, 0.2) is 30.3 Å². The number of urea groups is 1. The number of aryl methyl sites for hydroxylation is 1. The van der Waals surface area contributed by atoms with E-state index in [9.17, 15) is 4.79 Å². The van der Waals surface area contributed by atoms with Crippen LogP contribution in [-0.4, -0.2) is 15.8 Å². The molecule has 2 N–H and O–H groups in total. The number of hydrogen-bond donors (Lipinski definition) is 2. The fourth-order valence-electron chi connectivity index (χ4n) is 2.05. The summed E-state index contributed by atoms with van der Waals surface area (Å²) < 4.78 is 1.67. The first-order chi connectivity index (χ1) is 10.8. The summed E-state index contributed by atoms with van der Waals surface area (Å²) in [5.74, 6) is 6.45. The van der Waals surface area contributed by atoms with Crippen LogP contribution in [0.2, 0.25) is 0 Å². The molecule has 1 aromatic heterocycles. The summed E-state index contributed by atoms with van der Waals surface area (Å²) in [6, 6.07) is 8.99. The number of nitrogens with zero attached hydrogens (tertiary/aromatic N) is 2. The monoisotopic (exact) mass is 310 g/mol. The van der Waals surface area contributed by atoms with Crippen LogP contribution in [0.5, 0.6) is 0 Å². The summed E-state index contributed by atoms with van der Waals surface area (Å²) in [7, 11) is 1.81. The number of rotatable bonds is 2. The van der Waals surface area contributed by atoms with Gasteiger partial charge >= 0.3 is 6.03 Å². The molecule has 2 amide bonds. The molecule has 0 radical (unpaired) electrons. The highest BCUT2D eigenvalue weighted by Crippen LogP contribution is 2.23. The molecule has 0 aliphatic carbocycles. The number of carbonyl (C=O) groups is 1. The van der Waals surface area contributed by atoms with Crippen LogP contribution in [0.25, 0.3) is 0 Å². The van der Waals surface area contributed by atoms with Crippen LogP contribution >= 0.6 is 0 Å². The molecule has 120 valence electrons. The molecule has 5 nitrogen and oxygen atoms in total. The minimum Gasteiger partial charge on any atom is -0.308 e. The lowest BCUT2D eigenvalue weighted by molar-refractivity contribution is 0.262. The first kappa shape index (κ1) is 16.6.